The van der Waals surface area contributed by atoms with E-state index >= 15 is 0 Å². The Morgan fingerprint density at radius 3 is 2.50 bits per heavy atom. The van der Waals surface area contributed by atoms with Crippen LogP contribution in [-0.2, 0) is 20.9 Å². The molecule has 0 radical (unpaired) electrons. The fourth-order valence-electron chi connectivity index (χ4n) is 2.03. The lowest BCUT2D eigenvalue weighted by atomic mass is 10.1. The average molecular weight is 276 g/mol. The predicted octanol–water partition coefficient (Wildman–Crippen LogP) is 0.320. The number of carbonyl (C=O) groups is 3. The van der Waals surface area contributed by atoms with Gasteiger partial charge in [-0.1, -0.05) is 12.1 Å². The summed E-state index contributed by atoms with van der Waals surface area (Å²) in [4.78, 5) is 35.5. The Bertz CT molecular complexity index is 539. The maximum Gasteiger partial charge on any atom is 0.337 e. The number of benzene rings is 1. The van der Waals surface area contributed by atoms with Crippen molar-refractivity contribution in [3.05, 3.63) is 35.4 Å². The summed E-state index contributed by atoms with van der Waals surface area (Å²) in [6, 6.07) is 6.43. The lowest BCUT2D eigenvalue weighted by molar-refractivity contribution is -0.137. The minimum Gasteiger partial charge on any atom is -0.465 e. The lowest BCUT2D eigenvalue weighted by Gasteiger charge is -2.11. The highest BCUT2D eigenvalue weighted by Gasteiger charge is 2.35. The van der Waals surface area contributed by atoms with Gasteiger partial charge in [0.25, 0.3) is 0 Å². The lowest BCUT2D eigenvalue weighted by Crippen LogP contribution is -2.36. The summed E-state index contributed by atoms with van der Waals surface area (Å²) in [7, 11) is 2.81. The number of hydrogen-bond donors (Lipinski definition) is 1. The van der Waals surface area contributed by atoms with E-state index < -0.39 is 6.04 Å². The van der Waals surface area contributed by atoms with E-state index in [-0.39, 0.29) is 24.2 Å². The number of nitrogens with one attached hydrogen (secondary N) is 1. The SMILES string of the molecule is COC(=O)c1ccc(CNC2CC(=O)N(C)C2=O)cc1. The molecule has 0 saturated carbocycles. The number of methoxy groups -OCH3 is 1. The summed E-state index contributed by atoms with van der Waals surface area (Å²) in [5, 5.41) is 3.04. The van der Waals surface area contributed by atoms with Crippen LogP contribution in [0.15, 0.2) is 24.3 Å². The third kappa shape index (κ3) is 2.85. The number of ether oxygens (including phenoxy) is 1. The number of nitrogens with zero attached hydrogens (tertiary/aromatic N) is 1. The second-order valence-electron chi connectivity index (χ2n) is 4.62. The zero-order valence-electron chi connectivity index (χ0n) is 11.4. The van der Waals surface area contributed by atoms with Crippen LogP contribution in [0.2, 0.25) is 0 Å². The molecule has 2 rings (SSSR count). The van der Waals surface area contributed by atoms with Gasteiger partial charge in [0.1, 0.15) is 0 Å². The van der Waals surface area contributed by atoms with E-state index in [0.717, 1.165) is 10.5 Å². The maximum absolute atomic E-state index is 11.7. The Balaban J connectivity index is 1.93. The molecule has 0 aliphatic carbocycles. The molecule has 6 nitrogen and oxygen atoms in total. The van der Waals surface area contributed by atoms with E-state index in [1.165, 1.54) is 14.2 Å². The van der Waals surface area contributed by atoms with Gasteiger partial charge in [0, 0.05) is 13.6 Å². The molecule has 1 unspecified atom stereocenters. The number of imide groups is 1. The van der Waals surface area contributed by atoms with Gasteiger partial charge in [-0.3, -0.25) is 14.5 Å². The Kier molecular flexibility index (Phi) is 4.14. The van der Waals surface area contributed by atoms with Gasteiger partial charge in [-0.25, -0.2) is 4.79 Å². The van der Waals surface area contributed by atoms with Crippen LogP contribution in [0.3, 0.4) is 0 Å². The van der Waals surface area contributed by atoms with Crippen molar-refractivity contribution in [2.24, 2.45) is 0 Å². The molecule has 1 aliphatic rings. The van der Waals surface area contributed by atoms with Crippen LogP contribution in [0.25, 0.3) is 0 Å². The summed E-state index contributed by atoms with van der Waals surface area (Å²) in [5.41, 5.74) is 1.40. The van der Waals surface area contributed by atoms with Crippen molar-refractivity contribution in [3.63, 3.8) is 0 Å². The normalized spacial score (nSPS) is 18.5. The smallest absolute Gasteiger partial charge is 0.337 e. The van der Waals surface area contributed by atoms with E-state index in [2.05, 4.69) is 10.1 Å². The maximum atomic E-state index is 11.7. The highest BCUT2D eigenvalue weighted by molar-refractivity contribution is 6.05. The van der Waals surface area contributed by atoms with E-state index in [4.69, 9.17) is 0 Å². The van der Waals surface area contributed by atoms with E-state index in [9.17, 15) is 14.4 Å². The Labute approximate surface area is 116 Å². The molecule has 1 heterocycles. The van der Waals surface area contributed by atoms with Crippen LogP contribution in [0, 0.1) is 0 Å². The molecule has 0 aromatic heterocycles. The van der Waals surface area contributed by atoms with Crippen molar-refractivity contribution in [2.75, 3.05) is 14.2 Å². The molecule has 6 heteroatoms. The van der Waals surface area contributed by atoms with Crippen molar-refractivity contribution in [3.8, 4) is 0 Å². The molecular formula is C14H16N2O4. The second kappa shape index (κ2) is 5.83. The quantitative estimate of drug-likeness (QED) is 0.633. The number of amides is 2. The monoisotopic (exact) mass is 276 g/mol. The van der Waals surface area contributed by atoms with Gasteiger partial charge in [0.15, 0.2) is 0 Å². The number of likely N-dealkylation sites (N-methyl/N-ethyl adjacent to an activating group) is 1. The van der Waals surface area contributed by atoms with Crippen LogP contribution in [0.5, 0.6) is 0 Å². The van der Waals surface area contributed by atoms with Crippen LogP contribution in [-0.4, -0.2) is 42.9 Å². The number of carbonyl (C=O) groups excluding carboxylic acids is 3. The van der Waals surface area contributed by atoms with Gasteiger partial charge >= 0.3 is 5.97 Å². The van der Waals surface area contributed by atoms with Gasteiger partial charge in [-0.2, -0.15) is 0 Å². The Morgan fingerprint density at radius 1 is 1.35 bits per heavy atom. The summed E-state index contributed by atoms with van der Waals surface area (Å²) in [6.07, 6.45) is 0.190. The van der Waals surface area contributed by atoms with Crippen molar-refractivity contribution in [2.45, 2.75) is 19.0 Å². The predicted molar refractivity (Wildman–Crippen MR) is 70.8 cm³/mol. The summed E-state index contributed by atoms with van der Waals surface area (Å²) in [5.74, 6) is -0.766. The molecular weight excluding hydrogens is 260 g/mol. The molecule has 106 valence electrons. The number of likely N-dealkylation sites (tertiary alicyclic amines) is 1. The molecule has 1 saturated heterocycles. The molecule has 1 aromatic carbocycles. The van der Waals surface area contributed by atoms with Crippen LogP contribution >= 0.6 is 0 Å². The number of esters is 1. The topological polar surface area (TPSA) is 75.7 Å². The fraction of sp³-hybridized carbons (Fsp3) is 0.357. The van der Waals surface area contributed by atoms with Crippen molar-refractivity contribution in [1.29, 1.82) is 0 Å². The standard InChI is InChI=1S/C14H16N2O4/c1-16-12(17)7-11(13(16)18)15-8-9-3-5-10(6-4-9)14(19)20-2/h3-6,11,15H,7-8H2,1-2H3. The van der Waals surface area contributed by atoms with Gasteiger partial charge in [-0.05, 0) is 17.7 Å². The Hall–Kier alpha value is -2.21. The first kappa shape index (κ1) is 14.2. The zero-order chi connectivity index (χ0) is 14.7. The van der Waals surface area contributed by atoms with Crippen molar-refractivity contribution < 1.29 is 19.1 Å². The Morgan fingerprint density at radius 2 is 2.00 bits per heavy atom. The summed E-state index contributed by atoms with van der Waals surface area (Å²) >= 11 is 0. The van der Waals surface area contributed by atoms with Crippen molar-refractivity contribution in [1.82, 2.24) is 10.2 Å². The summed E-state index contributed by atoms with van der Waals surface area (Å²) < 4.78 is 4.61. The molecule has 1 atom stereocenters. The minimum absolute atomic E-state index is 0.173. The third-order valence-electron chi connectivity index (χ3n) is 3.31. The van der Waals surface area contributed by atoms with E-state index in [0.29, 0.717) is 12.1 Å². The molecule has 0 bridgehead atoms. The first-order valence-electron chi connectivity index (χ1n) is 6.24. The molecule has 0 spiro atoms. The van der Waals surface area contributed by atoms with Gasteiger partial charge in [-0.15, -0.1) is 0 Å². The number of hydrogen-bond acceptors (Lipinski definition) is 5. The molecule has 1 fully saturated rings. The molecule has 20 heavy (non-hydrogen) atoms. The van der Waals surface area contributed by atoms with Crippen LogP contribution in [0.4, 0.5) is 0 Å². The molecule has 2 amide bonds. The van der Waals surface area contributed by atoms with Crippen LogP contribution < -0.4 is 5.32 Å². The average Bonchev–Trinajstić information content (AvgIpc) is 2.72. The first-order valence-corrected chi connectivity index (χ1v) is 6.24. The van der Waals surface area contributed by atoms with E-state index in [1.807, 2.05) is 0 Å². The van der Waals surface area contributed by atoms with Gasteiger partial charge in [0.05, 0.1) is 25.1 Å². The van der Waals surface area contributed by atoms with Gasteiger partial charge < -0.3 is 10.1 Å². The summed E-state index contributed by atoms with van der Waals surface area (Å²) in [6.45, 7) is 0.457. The second-order valence-corrected chi connectivity index (χ2v) is 4.62. The number of rotatable bonds is 4. The van der Waals surface area contributed by atoms with Crippen LogP contribution in [0.1, 0.15) is 22.3 Å². The molecule has 1 aliphatic heterocycles. The van der Waals surface area contributed by atoms with Crippen molar-refractivity contribution >= 4 is 17.8 Å². The molecule has 1 aromatic rings. The fourth-order valence-corrected chi connectivity index (χ4v) is 2.03. The van der Waals surface area contributed by atoms with E-state index in [1.54, 1.807) is 24.3 Å². The highest BCUT2D eigenvalue weighted by Crippen LogP contribution is 2.12. The third-order valence-corrected chi connectivity index (χ3v) is 3.31. The highest BCUT2D eigenvalue weighted by atomic mass is 16.5. The van der Waals surface area contributed by atoms with Gasteiger partial charge in [0.2, 0.25) is 11.8 Å². The largest absolute Gasteiger partial charge is 0.465 e. The zero-order valence-corrected chi connectivity index (χ0v) is 11.4. The molecule has 1 N–H and O–H groups in total. The first-order chi connectivity index (χ1) is 9.52. The minimum atomic E-state index is -0.465.